The van der Waals surface area contributed by atoms with Crippen molar-refractivity contribution in [3.63, 3.8) is 0 Å². The zero-order chi connectivity index (χ0) is 26.1. The number of aliphatic hydroxyl groups is 4. The molecular formula is C25H27NO9S. The molecule has 1 aromatic carbocycles. The first kappa shape index (κ1) is 24.7. The maximum atomic E-state index is 13.8. The van der Waals surface area contributed by atoms with Gasteiger partial charge < -0.3 is 31.3 Å². The lowest BCUT2D eigenvalue weighted by Gasteiger charge is -2.51. The van der Waals surface area contributed by atoms with Crippen LogP contribution in [0.1, 0.15) is 49.1 Å². The van der Waals surface area contributed by atoms with E-state index in [1.165, 1.54) is 12.1 Å². The molecule has 1 unspecified atom stereocenters. The first-order chi connectivity index (χ1) is 17.0. The van der Waals surface area contributed by atoms with E-state index in [1.807, 2.05) is 0 Å². The Bertz CT molecular complexity index is 1280. The average molecular weight is 518 g/mol. The maximum Gasteiger partial charge on any atom is 0.255 e. The molecular weight excluding hydrogens is 490 g/mol. The summed E-state index contributed by atoms with van der Waals surface area (Å²) in [7, 11) is -1.36. The lowest BCUT2D eigenvalue weighted by molar-refractivity contribution is -0.160. The summed E-state index contributed by atoms with van der Waals surface area (Å²) in [6.07, 6.45) is 1.14. The molecule has 1 aromatic rings. The number of hydrogen-bond acceptors (Lipinski definition) is 9. The van der Waals surface area contributed by atoms with E-state index in [0.29, 0.717) is 5.56 Å². The summed E-state index contributed by atoms with van der Waals surface area (Å²) in [5.74, 6) is -9.33. The Balaban J connectivity index is 1.70. The van der Waals surface area contributed by atoms with Gasteiger partial charge in [-0.3, -0.25) is 18.6 Å². The molecule has 0 bridgehead atoms. The third-order valence-electron chi connectivity index (χ3n) is 8.19. The third kappa shape index (κ3) is 3.29. The molecule has 36 heavy (non-hydrogen) atoms. The summed E-state index contributed by atoms with van der Waals surface area (Å²) in [6.45, 7) is 0. The van der Waals surface area contributed by atoms with Gasteiger partial charge in [0.05, 0.1) is 11.7 Å². The van der Waals surface area contributed by atoms with Gasteiger partial charge in [0.15, 0.2) is 11.4 Å². The van der Waals surface area contributed by atoms with Crippen LogP contribution in [0.4, 0.5) is 0 Å². The second-order valence-corrected chi connectivity index (χ2v) is 11.8. The van der Waals surface area contributed by atoms with E-state index in [9.17, 15) is 44.1 Å². The normalized spacial score (nSPS) is 33.3. The number of rotatable bonds is 4. The minimum atomic E-state index is -2.89. The SMILES string of the molecule is NC(=O)C1=C(O)[C@@]2(O)C(=O)C3=C(O)c4c(O)cccc4[C@H](CS(=O)C4CCCC4)[C@H]3[C@H](O)[C@H]2CC1=O. The number of amides is 1. The highest BCUT2D eigenvalue weighted by Crippen LogP contribution is 2.56. The number of primary amides is 1. The number of aromatic hydroxyl groups is 1. The molecule has 10 nitrogen and oxygen atoms in total. The standard InChI is InChI=1S/C25H27NO9S/c26-24(33)18-15(28)8-13-20(29)17-12(9-36(35)10-4-1-2-5-10)11-6-3-7-14(27)16(11)21(30)19(17)23(32)25(13,34)22(18)31/h3,6-7,10,12-13,17,20,27,29-31,34H,1-2,4-5,8-9H2,(H2,26,33)/t12-,13+,17+,20+,25+,36?/m0/s1. The minimum Gasteiger partial charge on any atom is -0.508 e. The number of carbonyl (C=O) groups is 3. The molecule has 5 rings (SSSR count). The summed E-state index contributed by atoms with van der Waals surface area (Å²) in [6, 6.07) is 4.43. The number of benzene rings is 1. The predicted octanol–water partition coefficient (Wildman–Crippen LogP) is 0.627. The highest BCUT2D eigenvalue weighted by Gasteiger charge is 2.65. The molecule has 0 heterocycles. The number of nitrogens with two attached hydrogens (primary N) is 1. The molecule has 4 aliphatic rings. The molecule has 1 amide bonds. The molecule has 6 atom stereocenters. The van der Waals surface area contributed by atoms with Gasteiger partial charge in [-0.25, -0.2) is 0 Å². The molecule has 0 aliphatic heterocycles. The van der Waals surface area contributed by atoms with Crippen molar-refractivity contribution in [3.8, 4) is 5.75 Å². The largest absolute Gasteiger partial charge is 0.508 e. The fourth-order valence-electron chi connectivity index (χ4n) is 6.44. The first-order valence-electron chi connectivity index (χ1n) is 11.8. The van der Waals surface area contributed by atoms with Crippen molar-refractivity contribution in [2.45, 2.75) is 55.0 Å². The molecule has 2 saturated carbocycles. The Morgan fingerprint density at radius 1 is 1.14 bits per heavy atom. The van der Waals surface area contributed by atoms with Crippen molar-refractivity contribution in [1.82, 2.24) is 0 Å². The molecule has 0 radical (unpaired) electrons. The van der Waals surface area contributed by atoms with Crippen molar-refractivity contribution in [2.24, 2.45) is 17.6 Å². The summed E-state index contributed by atoms with van der Waals surface area (Å²) >= 11 is 0. The van der Waals surface area contributed by atoms with Crippen LogP contribution in [-0.2, 0) is 25.2 Å². The average Bonchev–Trinajstić information content (AvgIpc) is 3.36. The predicted molar refractivity (Wildman–Crippen MR) is 127 cm³/mol. The number of ketones is 2. The Hall–Kier alpha value is -3.02. The van der Waals surface area contributed by atoms with E-state index in [-0.39, 0.29) is 22.3 Å². The highest BCUT2D eigenvalue weighted by atomic mass is 32.2. The molecule has 7 N–H and O–H groups in total. The molecule has 11 heteroatoms. The van der Waals surface area contributed by atoms with Crippen LogP contribution in [0.25, 0.3) is 5.76 Å². The van der Waals surface area contributed by atoms with Crippen molar-refractivity contribution in [1.29, 1.82) is 0 Å². The topological polar surface area (TPSA) is 195 Å². The third-order valence-corrected chi connectivity index (χ3v) is 10.1. The van der Waals surface area contributed by atoms with Gasteiger partial charge in [0.1, 0.15) is 22.8 Å². The quantitative estimate of drug-likeness (QED) is 0.310. The molecule has 0 saturated heterocycles. The van der Waals surface area contributed by atoms with Crippen LogP contribution < -0.4 is 5.73 Å². The molecule has 0 spiro atoms. The van der Waals surface area contributed by atoms with Gasteiger partial charge >= 0.3 is 0 Å². The molecule has 2 fully saturated rings. The lowest BCUT2D eigenvalue weighted by Crippen LogP contribution is -2.64. The van der Waals surface area contributed by atoms with Crippen LogP contribution in [0.5, 0.6) is 5.75 Å². The number of hydrogen-bond donors (Lipinski definition) is 6. The van der Waals surface area contributed by atoms with Gasteiger partial charge in [0.25, 0.3) is 5.91 Å². The first-order valence-corrected chi connectivity index (χ1v) is 13.2. The smallest absolute Gasteiger partial charge is 0.255 e. The fraction of sp³-hybridized carbons (Fsp3) is 0.480. The fourth-order valence-corrected chi connectivity index (χ4v) is 8.31. The zero-order valence-electron chi connectivity index (χ0n) is 19.2. The van der Waals surface area contributed by atoms with Gasteiger partial charge in [0, 0.05) is 51.6 Å². The van der Waals surface area contributed by atoms with E-state index >= 15 is 0 Å². The van der Waals surface area contributed by atoms with Crippen LogP contribution in [-0.4, -0.2) is 69.9 Å². The number of fused-ring (bicyclic) bond motifs is 3. The van der Waals surface area contributed by atoms with E-state index in [2.05, 4.69) is 0 Å². The van der Waals surface area contributed by atoms with Crippen LogP contribution in [0.2, 0.25) is 0 Å². The Labute approximate surface area is 208 Å². The van der Waals surface area contributed by atoms with Crippen molar-refractivity contribution >= 4 is 34.0 Å². The summed E-state index contributed by atoms with van der Waals surface area (Å²) in [4.78, 5) is 38.2. The number of carbonyl (C=O) groups excluding carboxylic acids is 3. The van der Waals surface area contributed by atoms with Crippen LogP contribution in [0.15, 0.2) is 35.1 Å². The molecule has 0 aromatic heterocycles. The van der Waals surface area contributed by atoms with E-state index in [0.717, 1.165) is 25.7 Å². The summed E-state index contributed by atoms with van der Waals surface area (Å²) in [5.41, 5.74) is 1.19. The highest BCUT2D eigenvalue weighted by molar-refractivity contribution is 7.85. The molecule has 192 valence electrons. The second-order valence-electron chi connectivity index (χ2n) is 10.00. The lowest BCUT2D eigenvalue weighted by atomic mass is 9.55. The summed E-state index contributed by atoms with van der Waals surface area (Å²) < 4.78 is 13.3. The monoisotopic (exact) mass is 517 g/mol. The van der Waals surface area contributed by atoms with Gasteiger partial charge in [-0.2, -0.15) is 0 Å². The Morgan fingerprint density at radius 3 is 2.44 bits per heavy atom. The maximum absolute atomic E-state index is 13.8. The van der Waals surface area contributed by atoms with Crippen LogP contribution in [0.3, 0.4) is 0 Å². The van der Waals surface area contributed by atoms with Crippen LogP contribution in [0, 0.1) is 11.8 Å². The number of phenols is 1. The van der Waals surface area contributed by atoms with Gasteiger partial charge in [-0.05, 0) is 24.5 Å². The Kier molecular flexibility index (Phi) is 5.85. The summed E-state index contributed by atoms with van der Waals surface area (Å²) in [5, 5.41) is 55.2. The van der Waals surface area contributed by atoms with Gasteiger partial charge in [-0.15, -0.1) is 0 Å². The van der Waals surface area contributed by atoms with E-state index < -0.39 is 86.8 Å². The zero-order valence-corrected chi connectivity index (χ0v) is 20.0. The van der Waals surface area contributed by atoms with Gasteiger partial charge in [-0.1, -0.05) is 25.0 Å². The number of Topliss-reactive ketones (excluding diaryl/α,β-unsaturated/α-hetero) is 2. The number of phenolic OH excluding ortho intramolecular Hbond substituents is 1. The van der Waals surface area contributed by atoms with Crippen molar-refractivity contribution in [2.75, 3.05) is 5.75 Å². The second kappa shape index (κ2) is 8.53. The van der Waals surface area contributed by atoms with Crippen LogP contribution >= 0.6 is 0 Å². The van der Waals surface area contributed by atoms with E-state index in [1.54, 1.807) is 6.07 Å². The van der Waals surface area contributed by atoms with Crippen molar-refractivity contribution < 1.29 is 44.1 Å². The van der Waals surface area contributed by atoms with Crippen molar-refractivity contribution in [3.05, 3.63) is 46.2 Å². The molecule has 4 aliphatic carbocycles. The Morgan fingerprint density at radius 2 is 1.81 bits per heavy atom. The number of aliphatic hydroxyl groups excluding tert-OH is 3. The van der Waals surface area contributed by atoms with E-state index in [4.69, 9.17) is 5.73 Å². The minimum absolute atomic E-state index is 0.0142. The van der Waals surface area contributed by atoms with Gasteiger partial charge in [0.2, 0.25) is 5.78 Å².